The Morgan fingerprint density at radius 1 is 1.17 bits per heavy atom. The van der Waals surface area contributed by atoms with Crippen molar-refractivity contribution in [3.63, 3.8) is 0 Å². The highest BCUT2D eigenvalue weighted by Gasteiger charge is 2.09. The molecule has 0 saturated heterocycles. The van der Waals surface area contributed by atoms with E-state index in [-0.39, 0.29) is 17.6 Å². The molecule has 0 saturated carbocycles. The zero-order chi connectivity index (χ0) is 16.7. The van der Waals surface area contributed by atoms with Crippen LogP contribution >= 0.6 is 35.2 Å². The first-order valence-electron chi connectivity index (χ1n) is 6.36. The Hall–Kier alpha value is -2.16. The molecule has 2 aromatic rings. The topological polar surface area (TPSA) is 79.5 Å². The third kappa shape index (κ3) is 5.85. The summed E-state index contributed by atoms with van der Waals surface area (Å²) in [5, 5.41) is 4.79. The molecular weight excluding hydrogens is 358 g/mol. The van der Waals surface area contributed by atoms with Gasteiger partial charge >= 0.3 is 0 Å². The van der Waals surface area contributed by atoms with Gasteiger partial charge in [0.1, 0.15) is 5.75 Å². The minimum atomic E-state index is -0.451. The summed E-state index contributed by atoms with van der Waals surface area (Å²) in [5.74, 6) is -0.282. The number of benzene rings is 1. The van der Waals surface area contributed by atoms with Crippen molar-refractivity contribution in [2.75, 3.05) is 6.61 Å². The van der Waals surface area contributed by atoms with Crippen LogP contribution in [0.4, 0.5) is 0 Å². The van der Waals surface area contributed by atoms with Gasteiger partial charge in [-0.25, -0.2) is 0 Å². The van der Waals surface area contributed by atoms with Gasteiger partial charge in [0.05, 0.1) is 4.88 Å². The highest BCUT2D eigenvalue weighted by molar-refractivity contribution is 7.80. The van der Waals surface area contributed by atoms with Crippen molar-refractivity contribution < 1.29 is 14.3 Å². The molecule has 0 aliphatic rings. The molecule has 6 nitrogen and oxygen atoms in total. The lowest BCUT2D eigenvalue weighted by molar-refractivity contribution is -0.123. The predicted octanol–water partition coefficient (Wildman–Crippen LogP) is 2.12. The van der Waals surface area contributed by atoms with Gasteiger partial charge in [-0.2, -0.15) is 0 Å². The standard InChI is InChI=1S/C14H12ClN3O3S2/c15-9-3-5-10(6-4-9)21-8-12(19)17-18-14(22)16-13(20)11-2-1-7-23-11/h1-7H,8H2,(H,17,19)(H2,16,18,20,22). The first-order chi connectivity index (χ1) is 11.0. The Kier molecular flexibility index (Phi) is 6.33. The summed E-state index contributed by atoms with van der Waals surface area (Å²) in [6.45, 7) is -0.212. The summed E-state index contributed by atoms with van der Waals surface area (Å²) in [6.07, 6.45) is 0. The number of halogens is 1. The Balaban J connectivity index is 1.68. The molecule has 0 unspecified atom stereocenters. The maximum atomic E-state index is 11.7. The molecule has 0 aliphatic carbocycles. The molecule has 23 heavy (non-hydrogen) atoms. The van der Waals surface area contributed by atoms with Crippen LogP contribution in [0.3, 0.4) is 0 Å². The van der Waals surface area contributed by atoms with Crippen molar-refractivity contribution >= 4 is 52.1 Å². The molecule has 0 fully saturated rings. The minimum Gasteiger partial charge on any atom is -0.484 e. The maximum absolute atomic E-state index is 11.7. The quantitative estimate of drug-likeness (QED) is 0.568. The van der Waals surface area contributed by atoms with Crippen LogP contribution in [0, 0.1) is 0 Å². The summed E-state index contributed by atoms with van der Waals surface area (Å²) < 4.78 is 5.26. The largest absolute Gasteiger partial charge is 0.484 e. The Morgan fingerprint density at radius 3 is 2.57 bits per heavy atom. The molecule has 0 aliphatic heterocycles. The number of thiophene rings is 1. The van der Waals surface area contributed by atoms with Crippen molar-refractivity contribution in [1.82, 2.24) is 16.2 Å². The van der Waals surface area contributed by atoms with Crippen LogP contribution in [-0.4, -0.2) is 23.5 Å². The van der Waals surface area contributed by atoms with E-state index in [1.165, 1.54) is 11.3 Å². The molecule has 0 spiro atoms. The monoisotopic (exact) mass is 369 g/mol. The first kappa shape index (κ1) is 17.2. The van der Waals surface area contributed by atoms with E-state index in [0.29, 0.717) is 15.6 Å². The van der Waals surface area contributed by atoms with Gasteiger partial charge in [0.2, 0.25) is 0 Å². The fraction of sp³-hybridized carbons (Fsp3) is 0.0714. The van der Waals surface area contributed by atoms with Gasteiger partial charge in [0, 0.05) is 5.02 Å². The summed E-state index contributed by atoms with van der Waals surface area (Å²) in [5.41, 5.74) is 4.75. The molecule has 2 amide bonds. The van der Waals surface area contributed by atoms with Gasteiger partial charge < -0.3 is 4.74 Å². The van der Waals surface area contributed by atoms with Gasteiger partial charge in [-0.3, -0.25) is 25.8 Å². The van der Waals surface area contributed by atoms with Gasteiger partial charge in [-0.15, -0.1) is 11.3 Å². The van der Waals surface area contributed by atoms with E-state index in [2.05, 4.69) is 16.2 Å². The van der Waals surface area contributed by atoms with Crippen LogP contribution in [-0.2, 0) is 4.79 Å². The number of rotatable bonds is 4. The predicted molar refractivity (Wildman–Crippen MR) is 92.6 cm³/mol. The van der Waals surface area contributed by atoms with E-state index in [1.54, 1.807) is 41.8 Å². The number of ether oxygens (including phenoxy) is 1. The number of carbonyl (C=O) groups is 2. The highest BCUT2D eigenvalue weighted by Crippen LogP contribution is 2.15. The van der Waals surface area contributed by atoms with E-state index in [0.717, 1.165) is 0 Å². The van der Waals surface area contributed by atoms with Crippen LogP contribution in [0.2, 0.25) is 5.02 Å². The summed E-state index contributed by atoms with van der Waals surface area (Å²) >= 11 is 11.9. The van der Waals surface area contributed by atoms with Crippen molar-refractivity contribution in [2.24, 2.45) is 0 Å². The summed E-state index contributed by atoms with van der Waals surface area (Å²) in [6, 6.07) is 10.0. The fourth-order valence-electron chi connectivity index (χ4n) is 1.45. The summed E-state index contributed by atoms with van der Waals surface area (Å²) in [4.78, 5) is 23.8. The SMILES string of the molecule is O=C(COc1ccc(Cl)cc1)NNC(=S)NC(=O)c1cccs1. The van der Waals surface area contributed by atoms with Crippen LogP contribution in [0.1, 0.15) is 9.67 Å². The number of carbonyl (C=O) groups excluding carboxylic acids is 2. The molecule has 3 N–H and O–H groups in total. The van der Waals surface area contributed by atoms with Crippen LogP contribution in [0.15, 0.2) is 41.8 Å². The van der Waals surface area contributed by atoms with E-state index in [4.69, 9.17) is 28.6 Å². The minimum absolute atomic E-state index is 0.0109. The van der Waals surface area contributed by atoms with Crippen molar-refractivity contribution in [2.45, 2.75) is 0 Å². The van der Waals surface area contributed by atoms with Gasteiger partial charge in [-0.1, -0.05) is 17.7 Å². The number of amides is 2. The van der Waals surface area contributed by atoms with Gasteiger partial charge in [0.25, 0.3) is 11.8 Å². The molecular formula is C14H12ClN3O3S2. The van der Waals surface area contributed by atoms with Crippen molar-refractivity contribution in [3.05, 3.63) is 51.7 Å². The molecule has 0 bridgehead atoms. The smallest absolute Gasteiger partial charge is 0.276 e. The second kappa shape index (κ2) is 8.47. The third-order valence-electron chi connectivity index (χ3n) is 2.47. The van der Waals surface area contributed by atoms with Crippen LogP contribution < -0.4 is 20.9 Å². The van der Waals surface area contributed by atoms with Crippen molar-refractivity contribution in [1.29, 1.82) is 0 Å². The van der Waals surface area contributed by atoms with Crippen LogP contribution in [0.5, 0.6) is 5.75 Å². The molecule has 1 aromatic carbocycles. The highest BCUT2D eigenvalue weighted by atomic mass is 35.5. The molecule has 1 heterocycles. The number of hydrogen-bond acceptors (Lipinski definition) is 5. The van der Waals surface area contributed by atoms with E-state index >= 15 is 0 Å². The normalized spacial score (nSPS) is 9.78. The number of nitrogens with one attached hydrogen (secondary N) is 3. The second-order valence-electron chi connectivity index (χ2n) is 4.18. The zero-order valence-electron chi connectivity index (χ0n) is 11.7. The second-order valence-corrected chi connectivity index (χ2v) is 5.97. The Bertz CT molecular complexity index is 690. The molecule has 0 atom stereocenters. The Morgan fingerprint density at radius 2 is 1.91 bits per heavy atom. The Labute approximate surface area is 146 Å². The van der Waals surface area contributed by atoms with E-state index < -0.39 is 5.91 Å². The molecule has 0 radical (unpaired) electrons. The van der Waals surface area contributed by atoms with Gasteiger partial charge in [-0.05, 0) is 47.9 Å². The average Bonchev–Trinajstić information content (AvgIpc) is 3.07. The van der Waals surface area contributed by atoms with Crippen LogP contribution in [0.25, 0.3) is 0 Å². The van der Waals surface area contributed by atoms with E-state index in [1.807, 2.05) is 0 Å². The fourth-order valence-corrected chi connectivity index (χ4v) is 2.33. The third-order valence-corrected chi connectivity index (χ3v) is 3.80. The zero-order valence-corrected chi connectivity index (χ0v) is 14.1. The van der Waals surface area contributed by atoms with Gasteiger partial charge in [0.15, 0.2) is 11.7 Å². The maximum Gasteiger partial charge on any atom is 0.276 e. The molecule has 1 aromatic heterocycles. The first-order valence-corrected chi connectivity index (χ1v) is 8.03. The summed E-state index contributed by atoms with van der Waals surface area (Å²) in [7, 11) is 0. The molecule has 9 heteroatoms. The number of hydrazine groups is 1. The molecule has 2 rings (SSSR count). The lowest BCUT2D eigenvalue weighted by Crippen LogP contribution is -2.49. The average molecular weight is 370 g/mol. The van der Waals surface area contributed by atoms with Crippen molar-refractivity contribution in [3.8, 4) is 5.75 Å². The number of thiocarbonyl (C=S) groups is 1. The number of hydrogen-bond donors (Lipinski definition) is 3. The van der Waals surface area contributed by atoms with E-state index in [9.17, 15) is 9.59 Å². The lowest BCUT2D eigenvalue weighted by Gasteiger charge is -2.11. The lowest BCUT2D eigenvalue weighted by atomic mass is 10.3. The molecule has 120 valence electrons.